The summed E-state index contributed by atoms with van der Waals surface area (Å²) in [5, 5.41) is 0. The number of carbonyl (C=O) groups excluding carboxylic acids is 1. The Labute approximate surface area is 102 Å². The molecule has 3 nitrogen and oxygen atoms in total. The van der Waals surface area contributed by atoms with E-state index in [1.54, 1.807) is 0 Å². The maximum atomic E-state index is 13.4. The summed E-state index contributed by atoms with van der Waals surface area (Å²) in [6.07, 6.45) is 1.29. The van der Waals surface area contributed by atoms with Crippen LogP contribution >= 0.6 is 0 Å². The van der Waals surface area contributed by atoms with Crippen LogP contribution in [0, 0.1) is 11.6 Å². The lowest BCUT2D eigenvalue weighted by molar-refractivity contribution is 0.102. The number of ketones is 1. The van der Waals surface area contributed by atoms with Crippen LogP contribution in [0.25, 0.3) is 0 Å². The minimum atomic E-state index is -0.756. The van der Waals surface area contributed by atoms with Crippen LogP contribution in [0.2, 0.25) is 0 Å². The van der Waals surface area contributed by atoms with Gasteiger partial charge in [-0.2, -0.15) is 0 Å². The molecular formula is C13H9F2NO2. The van der Waals surface area contributed by atoms with Crippen molar-refractivity contribution < 1.29 is 18.3 Å². The molecule has 0 aliphatic heterocycles. The molecule has 0 radical (unpaired) electrons. The first kappa shape index (κ1) is 12.2. The van der Waals surface area contributed by atoms with E-state index in [1.807, 2.05) is 0 Å². The molecule has 18 heavy (non-hydrogen) atoms. The Kier molecular flexibility index (Phi) is 3.32. The fourth-order valence-electron chi connectivity index (χ4n) is 1.54. The number of halogens is 2. The first-order valence-corrected chi connectivity index (χ1v) is 5.12. The SMILES string of the molecule is COc1ccc(F)cc1C(=O)c1ncccc1F. The lowest BCUT2D eigenvalue weighted by Gasteiger charge is -2.07. The predicted molar refractivity (Wildman–Crippen MR) is 60.6 cm³/mol. The molecule has 0 saturated carbocycles. The van der Waals surface area contributed by atoms with Gasteiger partial charge in [-0.25, -0.2) is 13.8 Å². The van der Waals surface area contributed by atoms with E-state index in [2.05, 4.69) is 4.98 Å². The second kappa shape index (κ2) is 4.91. The van der Waals surface area contributed by atoms with Crippen molar-refractivity contribution in [3.63, 3.8) is 0 Å². The van der Waals surface area contributed by atoms with Gasteiger partial charge in [0.1, 0.15) is 17.3 Å². The molecular weight excluding hydrogens is 240 g/mol. The number of hydrogen-bond donors (Lipinski definition) is 0. The summed E-state index contributed by atoms with van der Waals surface area (Å²) in [7, 11) is 1.35. The van der Waals surface area contributed by atoms with Gasteiger partial charge in [-0.15, -0.1) is 0 Å². The maximum absolute atomic E-state index is 13.4. The zero-order valence-corrected chi connectivity index (χ0v) is 9.48. The van der Waals surface area contributed by atoms with Crippen molar-refractivity contribution in [2.24, 2.45) is 0 Å². The molecule has 0 fully saturated rings. The summed E-state index contributed by atoms with van der Waals surface area (Å²) in [4.78, 5) is 15.7. The molecule has 0 aliphatic carbocycles. The van der Waals surface area contributed by atoms with Crippen LogP contribution in [0.5, 0.6) is 5.75 Å². The first-order valence-electron chi connectivity index (χ1n) is 5.12. The van der Waals surface area contributed by atoms with E-state index in [4.69, 9.17) is 4.74 Å². The van der Waals surface area contributed by atoms with E-state index in [-0.39, 0.29) is 17.0 Å². The molecule has 2 rings (SSSR count). The van der Waals surface area contributed by atoms with E-state index < -0.39 is 17.4 Å². The van der Waals surface area contributed by atoms with Gasteiger partial charge in [0.25, 0.3) is 0 Å². The van der Waals surface area contributed by atoms with E-state index >= 15 is 0 Å². The Hall–Kier alpha value is -2.30. The van der Waals surface area contributed by atoms with Gasteiger partial charge in [0.2, 0.25) is 5.78 Å². The molecule has 0 bridgehead atoms. The molecule has 92 valence electrons. The van der Waals surface area contributed by atoms with Crippen molar-refractivity contribution in [1.29, 1.82) is 0 Å². The summed E-state index contributed by atoms with van der Waals surface area (Å²) < 4.78 is 31.5. The maximum Gasteiger partial charge on any atom is 0.218 e. The smallest absolute Gasteiger partial charge is 0.218 e. The van der Waals surface area contributed by atoms with E-state index in [9.17, 15) is 13.6 Å². The highest BCUT2D eigenvalue weighted by atomic mass is 19.1. The van der Waals surface area contributed by atoms with Crippen LogP contribution in [0.4, 0.5) is 8.78 Å². The van der Waals surface area contributed by atoms with Crippen molar-refractivity contribution >= 4 is 5.78 Å². The molecule has 0 unspecified atom stereocenters. The molecule has 5 heteroatoms. The van der Waals surface area contributed by atoms with Crippen molar-refractivity contribution in [3.8, 4) is 5.75 Å². The molecule has 0 atom stereocenters. The van der Waals surface area contributed by atoms with Crippen LogP contribution < -0.4 is 4.74 Å². The van der Waals surface area contributed by atoms with E-state index in [0.717, 1.165) is 18.2 Å². The van der Waals surface area contributed by atoms with Crippen molar-refractivity contribution in [3.05, 3.63) is 59.4 Å². The molecule has 0 saturated heterocycles. The molecule has 0 N–H and O–H groups in total. The van der Waals surface area contributed by atoms with Crippen LogP contribution in [-0.4, -0.2) is 17.9 Å². The second-order valence-electron chi connectivity index (χ2n) is 3.51. The number of benzene rings is 1. The Morgan fingerprint density at radius 1 is 1.28 bits per heavy atom. The van der Waals surface area contributed by atoms with Crippen LogP contribution in [0.1, 0.15) is 16.1 Å². The molecule has 0 aliphatic rings. The van der Waals surface area contributed by atoms with Crippen LogP contribution in [-0.2, 0) is 0 Å². The molecule has 1 aromatic heterocycles. The minimum Gasteiger partial charge on any atom is -0.496 e. The van der Waals surface area contributed by atoms with Gasteiger partial charge in [0.15, 0.2) is 5.82 Å². The van der Waals surface area contributed by atoms with Gasteiger partial charge in [-0.05, 0) is 30.3 Å². The highest BCUT2D eigenvalue weighted by Gasteiger charge is 2.19. The molecule has 2 aromatic rings. The monoisotopic (exact) mass is 249 g/mol. The summed E-state index contributed by atoms with van der Waals surface area (Å²) in [6, 6.07) is 5.95. The average molecular weight is 249 g/mol. The predicted octanol–water partition coefficient (Wildman–Crippen LogP) is 2.60. The summed E-state index contributed by atoms with van der Waals surface area (Å²) in [5.41, 5.74) is -0.420. The fourth-order valence-corrected chi connectivity index (χ4v) is 1.54. The van der Waals surface area contributed by atoms with Crippen molar-refractivity contribution in [2.45, 2.75) is 0 Å². The second-order valence-corrected chi connectivity index (χ2v) is 3.51. The van der Waals surface area contributed by atoms with Gasteiger partial charge in [0.05, 0.1) is 12.7 Å². The molecule has 0 amide bonds. The van der Waals surface area contributed by atoms with Crippen molar-refractivity contribution in [1.82, 2.24) is 4.98 Å². The lowest BCUT2D eigenvalue weighted by Crippen LogP contribution is -2.09. The fraction of sp³-hybridized carbons (Fsp3) is 0.0769. The Morgan fingerprint density at radius 3 is 2.72 bits per heavy atom. The highest BCUT2D eigenvalue weighted by molar-refractivity contribution is 6.09. The number of pyridine rings is 1. The van der Waals surface area contributed by atoms with Gasteiger partial charge in [-0.3, -0.25) is 4.79 Å². The quantitative estimate of drug-likeness (QED) is 0.785. The number of aromatic nitrogens is 1. The summed E-state index contributed by atoms with van der Waals surface area (Å²) >= 11 is 0. The molecule has 1 heterocycles. The number of rotatable bonds is 3. The summed E-state index contributed by atoms with van der Waals surface area (Å²) in [5.74, 6) is -1.90. The third-order valence-electron chi connectivity index (χ3n) is 2.38. The number of nitrogens with zero attached hydrogens (tertiary/aromatic N) is 1. The number of hydrogen-bond acceptors (Lipinski definition) is 3. The molecule has 0 spiro atoms. The molecule has 1 aromatic carbocycles. The topological polar surface area (TPSA) is 39.2 Å². The van der Waals surface area contributed by atoms with Gasteiger partial charge in [-0.1, -0.05) is 0 Å². The van der Waals surface area contributed by atoms with E-state index in [0.29, 0.717) is 0 Å². The van der Waals surface area contributed by atoms with Crippen molar-refractivity contribution in [2.75, 3.05) is 7.11 Å². The Bertz CT molecular complexity index is 599. The van der Waals surface area contributed by atoms with Crippen LogP contribution in [0.15, 0.2) is 36.5 Å². The summed E-state index contributed by atoms with van der Waals surface area (Å²) in [6.45, 7) is 0. The van der Waals surface area contributed by atoms with Gasteiger partial charge >= 0.3 is 0 Å². The Morgan fingerprint density at radius 2 is 2.06 bits per heavy atom. The van der Waals surface area contributed by atoms with E-state index in [1.165, 1.54) is 25.4 Å². The van der Waals surface area contributed by atoms with Gasteiger partial charge < -0.3 is 4.74 Å². The normalized spacial score (nSPS) is 10.2. The third kappa shape index (κ3) is 2.20. The Balaban J connectivity index is 2.52. The zero-order valence-electron chi connectivity index (χ0n) is 9.48. The minimum absolute atomic E-state index is 0.0601. The van der Waals surface area contributed by atoms with Gasteiger partial charge in [0, 0.05) is 6.20 Å². The van der Waals surface area contributed by atoms with Crippen LogP contribution in [0.3, 0.4) is 0 Å². The first-order chi connectivity index (χ1) is 8.63. The lowest BCUT2D eigenvalue weighted by atomic mass is 10.1. The zero-order chi connectivity index (χ0) is 13.1. The number of carbonyl (C=O) groups is 1. The highest BCUT2D eigenvalue weighted by Crippen LogP contribution is 2.22. The number of methoxy groups -OCH3 is 1. The number of ether oxygens (including phenoxy) is 1. The largest absolute Gasteiger partial charge is 0.496 e. The third-order valence-corrected chi connectivity index (χ3v) is 2.38. The standard InChI is InChI=1S/C13H9F2NO2/c1-18-11-5-4-8(14)7-9(11)13(17)12-10(15)3-2-6-16-12/h2-7H,1H3. The average Bonchev–Trinajstić information content (AvgIpc) is 2.38.